The van der Waals surface area contributed by atoms with Crippen molar-refractivity contribution in [3.8, 4) is 34.5 Å². The molecule has 2 aliphatic rings. The van der Waals surface area contributed by atoms with Gasteiger partial charge in [0.25, 0.3) is 0 Å². The van der Waals surface area contributed by atoms with Crippen molar-refractivity contribution in [3.63, 3.8) is 0 Å². The van der Waals surface area contributed by atoms with E-state index in [2.05, 4.69) is 23.6 Å². The summed E-state index contributed by atoms with van der Waals surface area (Å²) in [6, 6.07) is 26.0. The van der Waals surface area contributed by atoms with Gasteiger partial charge in [0, 0.05) is 31.2 Å². The summed E-state index contributed by atoms with van der Waals surface area (Å²) in [5.41, 5.74) is 4.29. The molecule has 1 heterocycles. The first-order valence-corrected chi connectivity index (χ1v) is 28.6. The summed E-state index contributed by atoms with van der Waals surface area (Å²) in [7, 11) is 0. The maximum Gasteiger partial charge on any atom is 0.330 e. The highest BCUT2D eigenvalue weighted by Crippen LogP contribution is 2.36. The Morgan fingerprint density at radius 1 is 0.531 bits per heavy atom. The number of benzene rings is 4. The van der Waals surface area contributed by atoms with Gasteiger partial charge in [-0.1, -0.05) is 36.6 Å². The molecule has 1 N–H and O–H groups in total. The summed E-state index contributed by atoms with van der Waals surface area (Å²) in [5, 5.41) is 1.74. The molecule has 2 saturated carbocycles. The monoisotopic (exact) mass is 1130 g/mol. The van der Waals surface area contributed by atoms with E-state index in [1.54, 1.807) is 66.7 Å². The van der Waals surface area contributed by atoms with Crippen molar-refractivity contribution in [2.75, 3.05) is 31.4 Å². The number of nitrogens with one attached hydrogen (secondary N) is 1. The van der Waals surface area contributed by atoms with Gasteiger partial charge in [-0.2, -0.15) is 0 Å². The van der Waals surface area contributed by atoms with Gasteiger partial charge in [-0.05, 0) is 182 Å². The molecule has 81 heavy (non-hydrogen) atoms. The Morgan fingerprint density at radius 2 is 0.938 bits per heavy atom. The number of esters is 6. The highest BCUT2D eigenvalue weighted by Gasteiger charge is 2.34. The van der Waals surface area contributed by atoms with Crippen LogP contribution in [0.3, 0.4) is 0 Å². The third-order valence-corrected chi connectivity index (χ3v) is 15.0. The molecule has 2 fully saturated rings. The molecule has 0 radical (unpaired) electrons. The first kappa shape index (κ1) is 60.7. The molecule has 0 aliphatic heterocycles. The molecule has 7 rings (SSSR count). The fraction of sp³-hybridized carbons (Fsp3) is 0.419. The van der Waals surface area contributed by atoms with E-state index in [0.717, 1.165) is 73.7 Å². The van der Waals surface area contributed by atoms with Crippen molar-refractivity contribution < 1.29 is 71.5 Å². The molecule has 430 valence electrons. The van der Waals surface area contributed by atoms with Crippen LogP contribution in [0.25, 0.3) is 10.2 Å². The van der Waals surface area contributed by atoms with Crippen LogP contribution < -0.4 is 38.9 Å². The second kappa shape index (κ2) is 31.8. The molecule has 4 aromatic carbocycles. The topological polar surface area (TPSA) is 221 Å². The van der Waals surface area contributed by atoms with E-state index in [0.29, 0.717) is 111 Å². The number of carbonyl (C=O) groups is 7. The second-order valence-corrected chi connectivity index (χ2v) is 20.9. The van der Waals surface area contributed by atoms with Gasteiger partial charge in [-0.25, -0.2) is 25.0 Å². The first-order chi connectivity index (χ1) is 39.3. The average molecular weight is 1130 g/mol. The number of thiazole rings is 1. The zero-order chi connectivity index (χ0) is 57.3. The standard InChI is InChI=1S/C62H71N3O15S/c1-4-56(67)75-38-14-8-6-12-36-73-48-26-30-50(31-27-48)77-58(69)43-18-20-45(21-19-43)60(71)79-52-34-35-54(47(40-52)41-63-65(42(3)66)62-64-53-16-10-11-17-55(53)81-62)80-61(72)46-24-22-44(23-25-46)59(70)78-51-32-28-49(29-33-51)74-37-13-7-9-15-39-76-57(68)5-2/h4-5,10-11,16-17,26-35,40,43-46,63H,1-2,6-9,12-15,18-25,36-39,41H2,3H3. The van der Waals surface area contributed by atoms with E-state index in [4.69, 9.17) is 37.9 Å². The van der Waals surface area contributed by atoms with Crippen LogP contribution in [0.5, 0.6) is 34.5 Å². The highest BCUT2D eigenvalue weighted by molar-refractivity contribution is 7.22. The molecule has 19 heteroatoms. The predicted molar refractivity (Wildman–Crippen MR) is 303 cm³/mol. The summed E-state index contributed by atoms with van der Waals surface area (Å²) < 4.78 is 45.9. The van der Waals surface area contributed by atoms with E-state index in [9.17, 15) is 33.6 Å². The Balaban J connectivity index is 0.879. The van der Waals surface area contributed by atoms with Crippen LogP contribution in [0.2, 0.25) is 0 Å². The lowest BCUT2D eigenvalue weighted by atomic mass is 9.82. The number of amides is 1. The Kier molecular flexibility index (Phi) is 23.8. The van der Waals surface area contributed by atoms with Crippen LogP contribution in [0, 0.1) is 23.7 Å². The largest absolute Gasteiger partial charge is 0.494 e. The van der Waals surface area contributed by atoms with Crippen molar-refractivity contribution >= 4 is 68.4 Å². The lowest BCUT2D eigenvalue weighted by molar-refractivity contribution is -0.145. The van der Waals surface area contributed by atoms with E-state index in [1.165, 1.54) is 23.3 Å². The van der Waals surface area contributed by atoms with Gasteiger partial charge >= 0.3 is 35.8 Å². The van der Waals surface area contributed by atoms with Crippen molar-refractivity contribution in [2.45, 2.75) is 116 Å². The van der Waals surface area contributed by atoms with Gasteiger partial charge in [0.05, 0.1) is 60.3 Å². The molecule has 1 amide bonds. The number of hydrogen-bond acceptors (Lipinski definition) is 18. The molecule has 2 aliphatic carbocycles. The molecule has 0 saturated heterocycles. The van der Waals surface area contributed by atoms with Crippen LogP contribution in [0.15, 0.2) is 116 Å². The Labute approximate surface area is 476 Å². The normalized spacial score (nSPS) is 16.7. The first-order valence-electron chi connectivity index (χ1n) is 27.8. The van der Waals surface area contributed by atoms with E-state index >= 15 is 0 Å². The number of carbonyl (C=O) groups excluding carboxylic acids is 7. The van der Waals surface area contributed by atoms with Crippen LogP contribution in [-0.4, -0.2) is 73.1 Å². The minimum Gasteiger partial charge on any atom is -0.494 e. The number of aromatic nitrogens is 1. The Hall–Kier alpha value is -7.90. The molecular weight excluding hydrogens is 1060 g/mol. The lowest BCUT2D eigenvalue weighted by Crippen LogP contribution is -2.41. The van der Waals surface area contributed by atoms with Gasteiger partial charge in [0.2, 0.25) is 11.0 Å². The SMILES string of the molecule is C=CC(=O)OCCCCCCOc1ccc(OC(=O)C2CCC(C(=O)Oc3ccc(OC(=O)C4CCC(C(=O)Oc5ccc(OCCCCCCOC(=O)C=C)cc5)CC4)c(CNN(C(C)=O)c4nc5ccccc5s4)c3)CC2)cc1. The van der Waals surface area contributed by atoms with Gasteiger partial charge in [-0.15, -0.1) is 0 Å². The molecule has 0 spiro atoms. The number of para-hydroxylation sites is 1. The Morgan fingerprint density at radius 3 is 1.38 bits per heavy atom. The van der Waals surface area contributed by atoms with Gasteiger partial charge < -0.3 is 37.9 Å². The quantitative estimate of drug-likeness (QED) is 0.0148. The number of nitrogens with zero attached hydrogens (tertiary/aromatic N) is 2. The zero-order valence-corrected chi connectivity index (χ0v) is 46.6. The fourth-order valence-corrected chi connectivity index (χ4v) is 10.4. The van der Waals surface area contributed by atoms with Crippen molar-refractivity contribution in [1.82, 2.24) is 10.4 Å². The maximum absolute atomic E-state index is 13.8. The third kappa shape index (κ3) is 19.4. The van der Waals surface area contributed by atoms with Crippen LogP contribution in [-0.2, 0) is 49.6 Å². The lowest BCUT2D eigenvalue weighted by Gasteiger charge is -2.26. The number of hydrogen-bond donors (Lipinski definition) is 1. The molecule has 0 bridgehead atoms. The molecule has 5 aromatic rings. The summed E-state index contributed by atoms with van der Waals surface area (Å²) in [5.74, 6) is -2.12. The number of fused-ring (bicyclic) bond motifs is 1. The molecule has 0 unspecified atom stereocenters. The third-order valence-electron chi connectivity index (χ3n) is 14.0. The van der Waals surface area contributed by atoms with Crippen molar-refractivity contribution in [1.29, 1.82) is 0 Å². The smallest absolute Gasteiger partial charge is 0.330 e. The summed E-state index contributed by atoms with van der Waals surface area (Å²) in [4.78, 5) is 93.9. The highest BCUT2D eigenvalue weighted by atomic mass is 32.1. The zero-order valence-electron chi connectivity index (χ0n) is 45.8. The summed E-state index contributed by atoms with van der Waals surface area (Å²) in [6.07, 6.45) is 12.5. The maximum atomic E-state index is 13.8. The summed E-state index contributed by atoms with van der Waals surface area (Å²) in [6.45, 7) is 9.93. The molecule has 0 atom stereocenters. The predicted octanol–water partition coefficient (Wildman–Crippen LogP) is 11.3. The number of anilines is 1. The molecule has 1 aromatic heterocycles. The number of ether oxygens (including phenoxy) is 8. The van der Waals surface area contributed by atoms with Crippen LogP contribution in [0.1, 0.15) is 115 Å². The number of rotatable bonds is 30. The summed E-state index contributed by atoms with van der Waals surface area (Å²) >= 11 is 1.33. The van der Waals surface area contributed by atoms with Crippen LogP contribution in [0.4, 0.5) is 5.13 Å². The van der Waals surface area contributed by atoms with E-state index in [1.807, 2.05) is 24.3 Å². The Bertz CT molecular complexity index is 2890. The van der Waals surface area contributed by atoms with E-state index in [-0.39, 0.29) is 35.9 Å². The fourth-order valence-electron chi connectivity index (χ4n) is 9.38. The number of unbranched alkanes of at least 4 members (excludes halogenated alkanes) is 6. The van der Waals surface area contributed by atoms with Crippen molar-refractivity contribution in [3.05, 3.63) is 122 Å². The minimum atomic E-state index is -0.496. The van der Waals surface area contributed by atoms with Gasteiger partial charge in [0.1, 0.15) is 34.5 Å². The van der Waals surface area contributed by atoms with Gasteiger partial charge in [0.15, 0.2) is 0 Å². The average Bonchev–Trinajstić information content (AvgIpc) is 3.92. The van der Waals surface area contributed by atoms with Crippen molar-refractivity contribution in [2.24, 2.45) is 23.7 Å². The molecule has 18 nitrogen and oxygen atoms in total. The number of hydrazine groups is 1. The molecular formula is C62H71N3O15S. The van der Waals surface area contributed by atoms with Crippen LogP contribution >= 0.6 is 11.3 Å². The van der Waals surface area contributed by atoms with Gasteiger partial charge in [-0.3, -0.25) is 24.0 Å². The second-order valence-electron chi connectivity index (χ2n) is 19.9. The van der Waals surface area contributed by atoms with E-state index < -0.39 is 47.5 Å². The minimum absolute atomic E-state index is 0.0185.